The highest BCUT2D eigenvalue weighted by Gasteiger charge is 2.28. The van der Waals surface area contributed by atoms with Crippen molar-refractivity contribution in [3.05, 3.63) is 36.5 Å². The lowest BCUT2D eigenvalue weighted by molar-refractivity contribution is -0.870. The zero-order valence-electron chi connectivity index (χ0n) is 50.1. The van der Waals surface area contributed by atoms with Crippen molar-refractivity contribution < 1.29 is 32.9 Å². The first-order valence-electron chi connectivity index (χ1n) is 32.4. The minimum atomic E-state index is -4.33. The number of nitrogens with zero attached hydrogens (tertiary/aromatic N) is 1. The molecule has 74 heavy (non-hydrogen) atoms. The largest absolute Gasteiger partial charge is 0.472 e. The van der Waals surface area contributed by atoms with Crippen LogP contribution in [0.1, 0.15) is 322 Å². The Morgan fingerprint density at radius 3 is 1.12 bits per heavy atom. The van der Waals surface area contributed by atoms with Gasteiger partial charge in [-0.2, -0.15) is 0 Å². The van der Waals surface area contributed by atoms with Crippen molar-refractivity contribution in [2.24, 2.45) is 0 Å². The van der Waals surface area contributed by atoms with E-state index in [1.54, 1.807) is 0 Å². The maximum Gasteiger partial charge on any atom is 0.472 e. The Labute approximate surface area is 461 Å². The number of quaternary nitrogens is 1. The second-order valence-corrected chi connectivity index (χ2v) is 25.0. The smallest absolute Gasteiger partial charge is 0.391 e. The van der Waals surface area contributed by atoms with E-state index in [2.05, 4.69) is 55.6 Å². The van der Waals surface area contributed by atoms with Gasteiger partial charge in [-0.15, -0.1) is 0 Å². The number of amides is 1. The Morgan fingerprint density at radius 2 is 0.770 bits per heavy atom. The number of allylic oxidation sites excluding steroid dienone is 6. The normalized spacial score (nSPS) is 14.0. The molecule has 3 unspecified atom stereocenters. The second-order valence-electron chi connectivity index (χ2n) is 23.5. The number of hydrogen-bond acceptors (Lipinski definition) is 5. The molecule has 0 aromatic carbocycles. The van der Waals surface area contributed by atoms with E-state index in [9.17, 15) is 19.4 Å². The zero-order valence-corrected chi connectivity index (χ0v) is 51.0. The number of phosphoric acid groups is 1. The number of hydrogen-bond donors (Lipinski definition) is 3. The van der Waals surface area contributed by atoms with Gasteiger partial charge >= 0.3 is 7.82 Å². The maximum atomic E-state index is 13.0. The fraction of sp³-hybridized carbons (Fsp3) is 0.892. The molecule has 0 bridgehead atoms. The Kier molecular flexibility index (Phi) is 55.5. The predicted molar refractivity (Wildman–Crippen MR) is 323 cm³/mol. The first-order valence-corrected chi connectivity index (χ1v) is 33.8. The monoisotopic (exact) mass is 1060 g/mol. The molecule has 0 spiro atoms. The summed E-state index contributed by atoms with van der Waals surface area (Å²) in [5, 5.41) is 14.1. The quantitative estimate of drug-likeness (QED) is 0.0243. The van der Waals surface area contributed by atoms with Gasteiger partial charge in [0.2, 0.25) is 5.91 Å². The fourth-order valence-electron chi connectivity index (χ4n) is 9.82. The summed E-state index contributed by atoms with van der Waals surface area (Å²) >= 11 is 0. The van der Waals surface area contributed by atoms with Gasteiger partial charge in [0.15, 0.2) is 0 Å². The number of rotatable bonds is 60. The van der Waals surface area contributed by atoms with Crippen LogP contribution in [0.3, 0.4) is 0 Å². The van der Waals surface area contributed by atoms with Crippen LogP contribution in [-0.4, -0.2) is 73.4 Å². The molecule has 0 saturated heterocycles. The average molecular weight is 1060 g/mol. The van der Waals surface area contributed by atoms with Crippen LogP contribution in [0.5, 0.6) is 0 Å². The summed E-state index contributed by atoms with van der Waals surface area (Å²) in [6.07, 6.45) is 73.7. The van der Waals surface area contributed by atoms with Gasteiger partial charge in [0, 0.05) is 6.42 Å². The third-order valence-electron chi connectivity index (χ3n) is 14.9. The molecule has 0 aromatic rings. The number of unbranched alkanes of at least 4 members (excludes halogenated alkanes) is 41. The van der Waals surface area contributed by atoms with E-state index in [1.165, 1.54) is 238 Å². The van der Waals surface area contributed by atoms with Crippen molar-refractivity contribution in [1.29, 1.82) is 0 Å². The number of carbonyl (C=O) groups is 1. The fourth-order valence-corrected chi connectivity index (χ4v) is 10.6. The van der Waals surface area contributed by atoms with Crippen LogP contribution in [0, 0.1) is 0 Å². The van der Waals surface area contributed by atoms with E-state index >= 15 is 0 Å². The molecule has 3 N–H and O–H groups in total. The molecule has 3 atom stereocenters. The summed E-state index contributed by atoms with van der Waals surface area (Å²) in [5.74, 6) is -0.147. The molecule has 0 aliphatic carbocycles. The van der Waals surface area contributed by atoms with Crippen LogP contribution in [0.2, 0.25) is 0 Å². The summed E-state index contributed by atoms with van der Waals surface area (Å²) in [6.45, 7) is 4.91. The topological polar surface area (TPSA) is 105 Å². The number of likely N-dealkylation sites (N-methyl/N-ethyl adjacent to an activating group) is 1. The first-order chi connectivity index (χ1) is 36.0. The molecule has 0 fully saturated rings. The number of carbonyl (C=O) groups excluding carboxylic acids is 1. The van der Waals surface area contributed by atoms with Crippen molar-refractivity contribution in [3.63, 3.8) is 0 Å². The highest BCUT2D eigenvalue weighted by molar-refractivity contribution is 7.47. The molecule has 9 heteroatoms. The molecule has 0 radical (unpaired) electrons. The number of aliphatic hydroxyl groups excluding tert-OH is 1. The summed E-state index contributed by atoms with van der Waals surface area (Å²) in [4.78, 5) is 23.4. The molecule has 0 aromatic heterocycles. The molecular weight excluding hydrogens is 936 g/mol. The SMILES string of the molecule is CCCCCCC/C=C\C/C=C\C/C=C\CCCCCCCCCCC(=O)NC(COP(=O)(O)OCC[N+](C)(C)C)C(O)CCCCCCCCCCCCCCCCCCCCCCCCCCCCCCC. The van der Waals surface area contributed by atoms with Crippen molar-refractivity contribution in [2.45, 2.75) is 334 Å². The molecule has 438 valence electrons. The summed E-state index contributed by atoms with van der Waals surface area (Å²) in [7, 11) is 1.62. The van der Waals surface area contributed by atoms with Crippen molar-refractivity contribution in [1.82, 2.24) is 5.32 Å². The van der Waals surface area contributed by atoms with Gasteiger partial charge in [-0.1, -0.05) is 301 Å². The zero-order chi connectivity index (χ0) is 54.2. The molecule has 0 rings (SSSR count). The third-order valence-corrected chi connectivity index (χ3v) is 15.9. The Balaban J connectivity index is 4.09. The van der Waals surface area contributed by atoms with E-state index < -0.39 is 20.0 Å². The van der Waals surface area contributed by atoms with Gasteiger partial charge in [0.05, 0.1) is 39.9 Å². The van der Waals surface area contributed by atoms with Gasteiger partial charge in [-0.05, 0) is 51.4 Å². The van der Waals surface area contributed by atoms with Crippen LogP contribution in [-0.2, 0) is 18.4 Å². The van der Waals surface area contributed by atoms with Gasteiger partial charge in [0.25, 0.3) is 0 Å². The van der Waals surface area contributed by atoms with Gasteiger partial charge in [-0.3, -0.25) is 13.8 Å². The minimum absolute atomic E-state index is 0.0733. The molecule has 1 amide bonds. The predicted octanol–water partition coefficient (Wildman–Crippen LogP) is 20.1. The lowest BCUT2D eigenvalue weighted by Gasteiger charge is -2.26. The Bertz CT molecular complexity index is 1300. The van der Waals surface area contributed by atoms with E-state index in [4.69, 9.17) is 9.05 Å². The highest BCUT2D eigenvalue weighted by Crippen LogP contribution is 2.43. The van der Waals surface area contributed by atoms with Crippen molar-refractivity contribution >= 4 is 13.7 Å². The first kappa shape index (κ1) is 72.7. The Hall–Kier alpha value is -1.28. The van der Waals surface area contributed by atoms with Crippen molar-refractivity contribution in [3.8, 4) is 0 Å². The standard InChI is InChI=1S/C65H127N2O6P/c1-6-8-10-12-14-16-18-20-22-24-26-28-30-31-32-33-34-35-37-38-40-42-44-46-48-50-52-54-56-58-64(68)63(62-73-74(70,71)72-61-60-67(3,4)5)66-65(69)59-57-55-53-51-49-47-45-43-41-39-36-29-27-25-23-21-19-17-15-13-11-9-7-2/h19,21,25,27,36,39,63-64,68H,6-18,20,22-24,26,28-35,37-38,40-62H2,1-5H3,(H-,66,69,70,71)/p+1/b21-19-,27-25-,39-36-. The lowest BCUT2D eigenvalue weighted by atomic mass is 10.0. The van der Waals surface area contributed by atoms with Crippen LogP contribution in [0.15, 0.2) is 36.5 Å². The number of phosphoric ester groups is 1. The number of nitrogens with one attached hydrogen (secondary N) is 1. The molecule has 0 aliphatic rings. The lowest BCUT2D eigenvalue weighted by Crippen LogP contribution is -2.46. The maximum absolute atomic E-state index is 13.0. The summed E-state index contributed by atoms with van der Waals surface area (Å²) in [6, 6.07) is -0.767. The van der Waals surface area contributed by atoms with Crippen LogP contribution in [0.4, 0.5) is 0 Å². The van der Waals surface area contributed by atoms with Crippen LogP contribution < -0.4 is 5.32 Å². The summed E-state index contributed by atoms with van der Waals surface area (Å²) in [5.41, 5.74) is 0. The minimum Gasteiger partial charge on any atom is -0.391 e. The van der Waals surface area contributed by atoms with E-state index in [0.29, 0.717) is 23.9 Å². The van der Waals surface area contributed by atoms with Gasteiger partial charge in [0.1, 0.15) is 13.2 Å². The van der Waals surface area contributed by atoms with Gasteiger partial charge in [-0.25, -0.2) is 4.57 Å². The molecular formula is C65H128N2O6P+. The van der Waals surface area contributed by atoms with Crippen LogP contribution >= 0.6 is 7.82 Å². The third kappa shape index (κ3) is 58.4. The highest BCUT2D eigenvalue weighted by atomic mass is 31.2. The molecule has 0 saturated carbocycles. The second kappa shape index (κ2) is 56.4. The van der Waals surface area contributed by atoms with E-state index in [-0.39, 0.29) is 19.1 Å². The summed E-state index contributed by atoms with van der Waals surface area (Å²) < 4.78 is 23.8. The van der Waals surface area contributed by atoms with E-state index in [0.717, 1.165) is 57.8 Å². The molecule has 0 heterocycles. The molecule has 8 nitrogen and oxygen atoms in total. The Morgan fingerprint density at radius 1 is 0.459 bits per heavy atom. The average Bonchev–Trinajstić information content (AvgIpc) is 3.36. The molecule has 0 aliphatic heterocycles. The van der Waals surface area contributed by atoms with E-state index in [1.807, 2.05) is 21.1 Å². The number of aliphatic hydroxyl groups is 1. The van der Waals surface area contributed by atoms with Gasteiger partial charge < -0.3 is 19.8 Å². The van der Waals surface area contributed by atoms with Crippen LogP contribution in [0.25, 0.3) is 0 Å². The van der Waals surface area contributed by atoms with Crippen molar-refractivity contribution in [2.75, 3.05) is 40.9 Å².